The summed E-state index contributed by atoms with van der Waals surface area (Å²) in [6.07, 6.45) is 0.739. The maximum Gasteiger partial charge on any atom is 0.319 e. The Balaban J connectivity index is 1.56. The van der Waals surface area contributed by atoms with Gasteiger partial charge < -0.3 is 19.7 Å². The van der Waals surface area contributed by atoms with E-state index in [9.17, 15) is 9.59 Å². The Morgan fingerprint density at radius 3 is 3.08 bits per heavy atom. The lowest BCUT2D eigenvalue weighted by Gasteiger charge is -2.28. The molecule has 130 valence electrons. The fourth-order valence-corrected chi connectivity index (χ4v) is 3.06. The molecule has 1 aromatic rings. The third kappa shape index (κ3) is 3.46. The highest BCUT2D eigenvalue weighted by molar-refractivity contribution is 5.87. The Bertz CT molecular complexity index is 634. The van der Waals surface area contributed by atoms with Crippen molar-refractivity contribution < 1.29 is 19.1 Å². The molecule has 0 spiro atoms. The van der Waals surface area contributed by atoms with Gasteiger partial charge in [0.05, 0.1) is 19.3 Å². The fraction of sp³-hybridized carbons (Fsp3) is 0.529. The second-order valence-electron chi connectivity index (χ2n) is 6.20. The Morgan fingerprint density at radius 2 is 2.29 bits per heavy atom. The minimum atomic E-state index is -0.228. The van der Waals surface area contributed by atoms with Crippen molar-refractivity contribution in [1.82, 2.24) is 15.1 Å². The van der Waals surface area contributed by atoms with E-state index in [1.165, 1.54) is 4.90 Å². The maximum absolute atomic E-state index is 12.4. The molecule has 0 radical (unpaired) electrons. The predicted octanol–water partition coefficient (Wildman–Crippen LogP) is 0.756. The summed E-state index contributed by atoms with van der Waals surface area (Å²) in [6.45, 7) is 3.86. The highest BCUT2D eigenvalue weighted by Crippen LogP contribution is 2.27. The van der Waals surface area contributed by atoms with Gasteiger partial charge in [-0.05, 0) is 30.5 Å². The molecule has 0 aliphatic carbocycles. The van der Waals surface area contributed by atoms with E-state index in [0.717, 1.165) is 23.3 Å². The maximum atomic E-state index is 12.4. The zero-order chi connectivity index (χ0) is 17.1. The quantitative estimate of drug-likeness (QED) is 0.883. The normalized spacial score (nSPS) is 19.9. The van der Waals surface area contributed by atoms with E-state index in [4.69, 9.17) is 9.47 Å². The van der Waals surface area contributed by atoms with Crippen molar-refractivity contribution in [2.45, 2.75) is 19.4 Å². The first kappa shape index (κ1) is 16.6. The van der Waals surface area contributed by atoms with Crippen LogP contribution in [-0.4, -0.2) is 67.9 Å². The summed E-state index contributed by atoms with van der Waals surface area (Å²) in [5, 5.41) is 2.98. The number of rotatable bonds is 4. The molecular formula is C17H23N3O4. The van der Waals surface area contributed by atoms with Crippen molar-refractivity contribution in [1.29, 1.82) is 0 Å². The topological polar surface area (TPSA) is 71.1 Å². The van der Waals surface area contributed by atoms with Crippen molar-refractivity contribution in [2.24, 2.45) is 0 Å². The van der Waals surface area contributed by atoms with Gasteiger partial charge in [-0.15, -0.1) is 0 Å². The van der Waals surface area contributed by atoms with E-state index < -0.39 is 0 Å². The van der Waals surface area contributed by atoms with Crippen molar-refractivity contribution in [3.8, 4) is 5.75 Å². The van der Waals surface area contributed by atoms with Crippen LogP contribution in [0.2, 0.25) is 0 Å². The van der Waals surface area contributed by atoms with Crippen molar-refractivity contribution in [3.63, 3.8) is 0 Å². The second kappa shape index (κ2) is 7.09. The van der Waals surface area contributed by atoms with Crippen LogP contribution in [0.4, 0.5) is 4.79 Å². The van der Waals surface area contributed by atoms with Gasteiger partial charge in [-0.2, -0.15) is 0 Å². The lowest BCUT2D eigenvalue weighted by Crippen LogP contribution is -2.48. The van der Waals surface area contributed by atoms with Crippen LogP contribution in [0.15, 0.2) is 18.2 Å². The van der Waals surface area contributed by atoms with Gasteiger partial charge >= 0.3 is 6.03 Å². The van der Waals surface area contributed by atoms with Gasteiger partial charge in [0.2, 0.25) is 5.91 Å². The fourth-order valence-electron chi connectivity index (χ4n) is 3.06. The SMILES string of the molecule is COCCN1CN(C(=O)NC2COc3cccc(C)c3C2)CC1=O. The minimum absolute atomic E-state index is 0.0525. The number of urea groups is 1. The number of amides is 3. The third-order valence-corrected chi connectivity index (χ3v) is 4.46. The largest absolute Gasteiger partial charge is 0.491 e. The van der Waals surface area contributed by atoms with Gasteiger partial charge in [0.1, 0.15) is 18.9 Å². The molecule has 1 fully saturated rings. The highest BCUT2D eigenvalue weighted by atomic mass is 16.5. The molecule has 0 aromatic heterocycles. The van der Waals surface area contributed by atoms with Gasteiger partial charge in [0.25, 0.3) is 0 Å². The van der Waals surface area contributed by atoms with E-state index in [-0.39, 0.29) is 24.5 Å². The number of hydrogen-bond donors (Lipinski definition) is 1. The number of nitrogens with one attached hydrogen (secondary N) is 1. The summed E-state index contributed by atoms with van der Waals surface area (Å²) >= 11 is 0. The first-order chi connectivity index (χ1) is 11.6. The molecule has 2 aliphatic heterocycles. The number of nitrogens with zero attached hydrogens (tertiary/aromatic N) is 2. The Morgan fingerprint density at radius 1 is 1.46 bits per heavy atom. The predicted molar refractivity (Wildman–Crippen MR) is 87.9 cm³/mol. The molecule has 0 saturated carbocycles. The number of hydrogen-bond acceptors (Lipinski definition) is 4. The molecule has 1 saturated heterocycles. The van der Waals surface area contributed by atoms with E-state index in [2.05, 4.69) is 5.32 Å². The number of ether oxygens (including phenoxy) is 2. The molecule has 1 unspecified atom stereocenters. The van der Waals surface area contributed by atoms with Crippen molar-refractivity contribution in [2.75, 3.05) is 40.1 Å². The van der Waals surface area contributed by atoms with Gasteiger partial charge in [-0.1, -0.05) is 12.1 Å². The third-order valence-electron chi connectivity index (χ3n) is 4.46. The van der Waals surface area contributed by atoms with E-state index >= 15 is 0 Å². The van der Waals surface area contributed by atoms with Crippen LogP contribution in [0, 0.1) is 6.92 Å². The zero-order valence-electron chi connectivity index (χ0n) is 14.1. The van der Waals surface area contributed by atoms with Crippen LogP contribution in [0.5, 0.6) is 5.75 Å². The van der Waals surface area contributed by atoms with Gasteiger partial charge in [-0.3, -0.25) is 9.69 Å². The van der Waals surface area contributed by atoms with Crippen molar-refractivity contribution in [3.05, 3.63) is 29.3 Å². The first-order valence-corrected chi connectivity index (χ1v) is 8.12. The second-order valence-corrected chi connectivity index (χ2v) is 6.20. The lowest BCUT2D eigenvalue weighted by molar-refractivity contribution is -0.127. The van der Waals surface area contributed by atoms with E-state index in [1.807, 2.05) is 25.1 Å². The van der Waals surface area contributed by atoms with Gasteiger partial charge in [-0.25, -0.2) is 4.79 Å². The van der Waals surface area contributed by atoms with Crippen LogP contribution in [-0.2, 0) is 16.0 Å². The average molecular weight is 333 g/mol. The Kier molecular flexibility index (Phi) is 4.89. The highest BCUT2D eigenvalue weighted by Gasteiger charge is 2.32. The molecule has 24 heavy (non-hydrogen) atoms. The molecule has 2 aliphatic rings. The zero-order valence-corrected chi connectivity index (χ0v) is 14.1. The summed E-state index contributed by atoms with van der Waals surface area (Å²) < 4.78 is 10.7. The average Bonchev–Trinajstić information content (AvgIpc) is 2.95. The lowest BCUT2D eigenvalue weighted by atomic mass is 9.98. The molecule has 0 bridgehead atoms. The Labute approximate surface area is 141 Å². The van der Waals surface area contributed by atoms with Crippen LogP contribution in [0.25, 0.3) is 0 Å². The molecule has 3 amide bonds. The Hall–Kier alpha value is -2.28. The van der Waals surface area contributed by atoms with Crippen LogP contribution >= 0.6 is 0 Å². The smallest absolute Gasteiger partial charge is 0.319 e. The number of carbonyl (C=O) groups is 2. The molecule has 1 N–H and O–H groups in total. The van der Waals surface area contributed by atoms with Crippen LogP contribution in [0.1, 0.15) is 11.1 Å². The summed E-state index contributed by atoms with van der Waals surface area (Å²) in [7, 11) is 1.59. The summed E-state index contributed by atoms with van der Waals surface area (Å²) in [4.78, 5) is 27.5. The molecule has 1 atom stereocenters. The van der Waals surface area contributed by atoms with E-state index in [1.54, 1.807) is 12.0 Å². The van der Waals surface area contributed by atoms with Crippen LogP contribution < -0.4 is 10.1 Å². The summed E-state index contributed by atoms with van der Waals surface area (Å²) in [5.74, 6) is 0.839. The standard InChI is InChI=1S/C17H23N3O4/c1-12-4-3-5-15-14(12)8-13(10-24-15)18-17(22)20-9-16(21)19(11-20)6-7-23-2/h3-5,13H,6-11H2,1-2H3,(H,18,22). The molecule has 3 rings (SSSR count). The molecule has 7 heteroatoms. The number of aryl methyl sites for hydroxylation is 1. The molecular weight excluding hydrogens is 310 g/mol. The number of methoxy groups -OCH3 is 1. The molecule has 1 aromatic carbocycles. The van der Waals surface area contributed by atoms with E-state index in [0.29, 0.717) is 26.4 Å². The first-order valence-electron chi connectivity index (χ1n) is 8.12. The summed E-state index contributed by atoms with van der Waals surface area (Å²) in [5.41, 5.74) is 2.29. The molecule has 2 heterocycles. The monoisotopic (exact) mass is 333 g/mol. The summed E-state index contributed by atoms with van der Waals surface area (Å²) in [6, 6.07) is 5.65. The van der Waals surface area contributed by atoms with Gasteiger partial charge in [0, 0.05) is 13.7 Å². The molecule has 7 nitrogen and oxygen atoms in total. The van der Waals surface area contributed by atoms with Crippen molar-refractivity contribution >= 4 is 11.9 Å². The number of carbonyl (C=O) groups excluding carboxylic acids is 2. The number of fused-ring (bicyclic) bond motifs is 1. The minimum Gasteiger partial charge on any atom is -0.491 e. The number of benzene rings is 1. The van der Waals surface area contributed by atoms with Gasteiger partial charge in [0.15, 0.2) is 0 Å². The van der Waals surface area contributed by atoms with Crippen LogP contribution in [0.3, 0.4) is 0 Å².